The van der Waals surface area contributed by atoms with E-state index in [0.717, 1.165) is 21.8 Å². The van der Waals surface area contributed by atoms with E-state index >= 15 is 0 Å². The van der Waals surface area contributed by atoms with Gasteiger partial charge >= 0.3 is 144 Å². The maximum absolute atomic E-state index is 12.1. The van der Waals surface area contributed by atoms with Gasteiger partial charge in [0.25, 0.3) is 0 Å². The van der Waals surface area contributed by atoms with Crippen LogP contribution < -0.4 is 4.46 Å². The molecule has 0 unspecified atom stereocenters. The van der Waals surface area contributed by atoms with Crippen LogP contribution in [0.15, 0.2) is 40.9 Å². The van der Waals surface area contributed by atoms with Gasteiger partial charge in [-0.15, -0.1) is 0 Å². The van der Waals surface area contributed by atoms with Gasteiger partial charge in [0.1, 0.15) is 0 Å². The van der Waals surface area contributed by atoms with Crippen molar-refractivity contribution in [1.29, 1.82) is 0 Å². The van der Waals surface area contributed by atoms with Crippen LogP contribution in [0.1, 0.15) is 90.4 Å². The fraction of sp³-hybridized carbons (Fsp3) is 0.640. The van der Waals surface area contributed by atoms with E-state index in [1.54, 1.807) is 0 Å². The fourth-order valence-electron chi connectivity index (χ4n) is 3.67. The van der Waals surface area contributed by atoms with E-state index in [-0.39, 0.29) is 20.9 Å². The number of benzene rings is 1. The molecule has 0 aromatic heterocycles. The van der Waals surface area contributed by atoms with Gasteiger partial charge in [-0.3, -0.25) is 0 Å². The summed E-state index contributed by atoms with van der Waals surface area (Å²) in [5, 5.41) is 10.4. The van der Waals surface area contributed by atoms with Crippen molar-refractivity contribution < 1.29 is 14.6 Å². The van der Waals surface area contributed by atoms with Gasteiger partial charge in [-0.05, 0) is 0 Å². The molecule has 0 amide bonds. The Bertz CT molecular complexity index is 599. The molecule has 0 bridgehead atoms. The molecule has 2 atom stereocenters. The summed E-state index contributed by atoms with van der Waals surface area (Å²) < 4.78 is 7.28. The van der Waals surface area contributed by atoms with E-state index in [1.807, 2.05) is 36.4 Å². The summed E-state index contributed by atoms with van der Waals surface area (Å²) in [6, 6.07) is 10.0. The molecule has 1 aromatic rings. The van der Waals surface area contributed by atoms with Crippen LogP contribution in [-0.4, -0.2) is 38.2 Å². The summed E-state index contributed by atoms with van der Waals surface area (Å²) in [4.78, 5) is 12.1. The number of unbranched alkanes of at least 4 members (excludes halogenated alkanes) is 11. The average molecular weight is 466 g/mol. The SMILES string of the molecule is CCCCCCCCCCCCCC[C@@H](O)[C@H]1C=C([Se]c2ccccc2)C(=O)O1. The Morgan fingerprint density at radius 3 is 2.03 bits per heavy atom. The third kappa shape index (κ3) is 9.98. The molecule has 162 valence electrons. The minimum absolute atomic E-state index is 0.0528. The second-order valence-corrected chi connectivity index (χ2v) is 10.4. The third-order valence-corrected chi connectivity index (χ3v) is 7.63. The average Bonchev–Trinajstić information content (AvgIpc) is 3.10. The van der Waals surface area contributed by atoms with Crippen LogP contribution in [0.3, 0.4) is 0 Å². The molecule has 0 aliphatic carbocycles. The van der Waals surface area contributed by atoms with Crippen molar-refractivity contribution in [1.82, 2.24) is 0 Å². The van der Waals surface area contributed by atoms with Crippen LogP contribution in [0, 0.1) is 0 Å². The molecule has 0 radical (unpaired) electrons. The Kier molecular flexibility index (Phi) is 12.4. The standard InChI is InChI=1S/C25H38O3Se/c1-2-3-4-5-6-7-8-9-10-11-12-16-19-22(26)23-20-24(25(27)28-23)29-21-17-14-13-15-18-21/h13-15,17-18,20,22-23,26H,2-12,16,19H2,1H3/t22-,23-/m1/s1. The number of cyclic esters (lactones) is 1. The second kappa shape index (κ2) is 14.8. The molecule has 3 nitrogen and oxygen atoms in total. The van der Waals surface area contributed by atoms with Gasteiger partial charge in [-0.1, -0.05) is 39.0 Å². The van der Waals surface area contributed by atoms with Gasteiger partial charge in [0.15, 0.2) is 0 Å². The number of hydrogen-bond acceptors (Lipinski definition) is 3. The molecule has 0 saturated carbocycles. The molecule has 1 heterocycles. The molecular weight excluding hydrogens is 427 g/mol. The van der Waals surface area contributed by atoms with E-state index in [9.17, 15) is 9.90 Å². The first kappa shape index (κ1) is 24.2. The van der Waals surface area contributed by atoms with Gasteiger partial charge < -0.3 is 0 Å². The topological polar surface area (TPSA) is 46.5 Å². The molecule has 4 heteroatoms. The molecule has 1 aromatic carbocycles. The maximum atomic E-state index is 12.1. The Hall–Kier alpha value is -1.09. The number of aliphatic hydroxyl groups is 1. The Balaban J connectivity index is 1.51. The normalized spacial score (nSPS) is 17.2. The van der Waals surface area contributed by atoms with Gasteiger partial charge in [0, 0.05) is 0 Å². The number of carbonyl (C=O) groups is 1. The van der Waals surface area contributed by atoms with Gasteiger partial charge in [-0.2, -0.15) is 0 Å². The van der Waals surface area contributed by atoms with Gasteiger partial charge in [-0.25, -0.2) is 0 Å². The molecule has 1 N–H and O–H groups in total. The van der Waals surface area contributed by atoms with E-state index in [1.165, 1.54) is 64.2 Å². The first-order valence-corrected chi connectivity index (χ1v) is 13.3. The van der Waals surface area contributed by atoms with Crippen LogP contribution in [0.2, 0.25) is 0 Å². The van der Waals surface area contributed by atoms with E-state index in [0.29, 0.717) is 6.42 Å². The summed E-state index contributed by atoms with van der Waals surface area (Å²) in [5.41, 5.74) is 0. The molecule has 0 saturated heterocycles. The summed E-state index contributed by atoms with van der Waals surface area (Å²) in [5.74, 6) is -0.257. The van der Waals surface area contributed by atoms with Crippen molar-refractivity contribution in [2.45, 2.75) is 103 Å². The molecule has 29 heavy (non-hydrogen) atoms. The van der Waals surface area contributed by atoms with Crippen molar-refractivity contribution in [2.75, 3.05) is 0 Å². The molecular formula is C25H38O3Se. The van der Waals surface area contributed by atoms with E-state index < -0.39 is 12.2 Å². The predicted molar refractivity (Wildman–Crippen MR) is 121 cm³/mol. The second-order valence-electron chi connectivity index (χ2n) is 8.06. The zero-order valence-corrected chi connectivity index (χ0v) is 19.7. The Morgan fingerprint density at radius 1 is 0.897 bits per heavy atom. The van der Waals surface area contributed by atoms with Crippen molar-refractivity contribution in [2.24, 2.45) is 0 Å². The van der Waals surface area contributed by atoms with Crippen LogP contribution in [-0.2, 0) is 9.53 Å². The number of rotatable bonds is 16. The van der Waals surface area contributed by atoms with Crippen molar-refractivity contribution in [3.05, 3.63) is 40.9 Å². The number of esters is 1. The van der Waals surface area contributed by atoms with E-state index in [2.05, 4.69) is 6.92 Å². The molecule has 0 spiro atoms. The summed E-state index contributed by atoms with van der Waals surface area (Å²) >= 11 is -0.0528. The van der Waals surface area contributed by atoms with Crippen LogP contribution in [0.5, 0.6) is 0 Å². The number of hydrogen-bond donors (Lipinski definition) is 1. The monoisotopic (exact) mass is 466 g/mol. The number of aliphatic hydroxyl groups excluding tert-OH is 1. The Morgan fingerprint density at radius 2 is 1.45 bits per heavy atom. The molecule has 1 aliphatic heterocycles. The van der Waals surface area contributed by atoms with Gasteiger partial charge in [0.2, 0.25) is 0 Å². The van der Waals surface area contributed by atoms with Crippen molar-refractivity contribution in [3.63, 3.8) is 0 Å². The van der Waals surface area contributed by atoms with Crippen LogP contribution >= 0.6 is 0 Å². The Labute approximate surface area is 183 Å². The number of ether oxygens (including phenoxy) is 1. The predicted octanol–water partition coefficient (Wildman–Crippen LogP) is 5.28. The van der Waals surface area contributed by atoms with E-state index in [4.69, 9.17) is 4.74 Å². The first-order valence-electron chi connectivity index (χ1n) is 11.5. The van der Waals surface area contributed by atoms with Crippen LogP contribution in [0.4, 0.5) is 0 Å². The quantitative estimate of drug-likeness (QED) is 0.205. The zero-order chi connectivity index (χ0) is 20.7. The van der Waals surface area contributed by atoms with Gasteiger partial charge in [0.05, 0.1) is 0 Å². The zero-order valence-electron chi connectivity index (χ0n) is 18.0. The summed E-state index contributed by atoms with van der Waals surface area (Å²) in [7, 11) is 0. The summed E-state index contributed by atoms with van der Waals surface area (Å²) in [6.07, 6.45) is 17.2. The fourth-order valence-corrected chi connectivity index (χ4v) is 5.52. The molecule has 1 aliphatic rings. The first-order chi connectivity index (χ1) is 14.2. The third-order valence-electron chi connectivity index (χ3n) is 5.46. The van der Waals surface area contributed by atoms with Crippen molar-refractivity contribution >= 4 is 25.4 Å². The molecule has 0 fully saturated rings. The van der Waals surface area contributed by atoms with Crippen LogP contribution in [0.25, 0.3) is 0 Å². The minimum atomic E-state index is -0.578. The number of carbonyl (C=O) groups excluding carboxylic acids is 1. The molecule has 2 rings (SSSR count). The van der Waals surface area contributed by atoms with Crippen molar-refractivity contribution in [3.8, 4) is 0 Å². The summed E-state index contributed by atoms with van der Waals surface area (Å²) in [6.45, 7) is 2.26.